The van der Waals surface area contributed by atoms with Crippen molar-refractivity contribution in [2.75, 3.05) is 5.32 Å². The second-order valence-corrected chi connectivity index (χ2v) is 7.07. The summed E-state index contributed by atoms with van der Waals surface area (Å²) in [4.78, 5) is 12.4. The number of nitrogens with one attached hydrogen (secondary N) is 1. The Morgan fingerprint density at radius 2 is 1.82 bits per heavy atom. The summed E-state index contributed by atoms with van der Waals surface area (Å²) in [5.74, 6) is 1.10. The summed E-state index contributed by atoms with van der Waals surface area (Å²) in [5.41, 5.74) is 1.96. The summed E-state index contributed by atoms with van der Waals surface area (Å²) in [6.07, 6.45) is 1.71. The van der Waals surface area contributed by atoms with Crippen molar-refractivity contribution in [2.45, 2.75) is 46.6 Å². The maximum atomic E-state index is 12.4. The molecule has 0 aliphatic heterocycles. The SMILES string of the molecule is CC(C)Cn1nccc1NC(=O)c1ccc(C(C)(C)C)cc1. The fourth-order valence-electron chi connectivity index (χ4n) is 2.24. The van der Waals surface area contributed by atoms with Crippen LogP contribution in [0.15, 0.2) is 36.5 Å². The van der Waals surface area contributed by atoms with Gasteiger partial charge in [-0.25, -0.2) is 4.68 Å². The molecule has 2 aromatic rings. The zero-order valence-electron chi connectivity index (χ0n) is 14.1. The van der Waals surface area contributed by atoms with E-state index >= 15 is 0 Å². The largest absolute Gasteiger partial charge is 0.307 e. The third-order valence-electron chi connectivity index (χ3n) is 3.51. The number of anilines is 1. The van der Waals surface area contributed by atoms with E-state index < -0.39 is 0 Å². The summed E-state index contributed by atoms with van der Waals surface area (Å²) in [7, 11) is 0. The molecule has 0 unspecified atom stereocenters. The Morgan fingerprint density at radius 1 is 1.18 bits per heavy atom. The van der Waals surface area contributed by atoms with E-state index in [0.29, 0.717) is 11.5 Å². The highest BCUT2D eigenvalue weighted by Gasteiger charge is 2.15. The number of carbonyl (C=O) groups excluding carboxylic acids is 1. The van der Waals surface area contributed by atoms with Gasteiger partial charge in [0.25, 0.3) is 5.91 Å². The summed E-state index contributed by atoms with van der Waals surface area (Å²) in [5, 5.41) is 7.18. The molecular weight excluding hydrogens is 274 g/mol. The quantitative estimate of drug-likeness (QED) is 0.924. The van der Waals surface area contributed by atoms with Gasteiger partial charge in [-0.1, -0.05) is 46.8 Å². The predicted molar refractivity (Wildman–Crippen MR) is 90.2 cm³/mol. The van der Waals surface area contributed by atoms with Crippen LogP contribution in [0.5, 0.6) is 0 Å². The van der Waals surface area contributed by atoms with Crippen LogP contribution in [0.25, 0.3) is 0 Å². The van der Waals surface area contributed by atoms with Crippen LogP contribution in [0.2, 0.25) is 0 Å². The van der Waals surface area contributed by atoms with E-state index in [0.717, 1.165) is 12.4 Å². The van der Waals surface area contributed by atoms with Crippen LogP contribution in [0, 0.1) is 5.92 Å². The van der Waals surface area contributed by atoms with Crippen LogP contribution in [0.3, 0.4) is 0 Å². The Kier molecular flexibility index (Phi) is 4.69. The standard InChI is InChI=1S/C18H25N3O/c1-13(2)12-21-16(10-11-19-21)20-17(22)14-6-8-15(9-7-14)18(3,4)5/h6-11,13H,12H2,1-5H3,(H,20,22). The molecule has 2 rings (SSSR count). The van der Waals surface area contributed by atoms with Crippen molar-refractivity contribution < 1.29 is 4.79 Å². The summed E-state index contributed by atoms with van der Waals surface area (Å²) in [6, 6.07) is 9.60. The van der Waals surface area contributed by atoms with Crippen LogP contribution < -0.4 is 5.32 Å². The average Bonchev–Trinajstić information content (AvgIpc) is 2.84. The third kappa shape index (κ3) is 3.97. The van der Waals surface area contributed by atoms with Crippen molar-refractivity contribution in [2.24, 2.45) is 5.92 Å². The van der Waals surface area contributed by atoms with Gasteiger partial charge in [-0.2, -0.15) is 5.10 Å². The molecule has 1 N–H and O–H groups in total. The van der Waals surface area contributed by atoms with Crippen molar-refractivity contribution in [1.82, 2.24) is 9.78 Å². The van der Waals surface area contributed by atoms with Gasteiger partial charge in [-0.15, -0.1) is 0 Å². The highest BCUT2D eigenvalue weighted by molar-refractivity contribution is 6.03. The molecule has 118 valence electrons. The first-order chi connectivity index (χ1) is 10.3. The van der Waals surface area contributed by atoms with Crippen LogP contribution in [0.1, 0.15) is 50.5 Å². The predicted octanol–water partition coefficient (Wildman–Crippen LogP) is 4.09. The molecule has 1 aromatic heterocycles. The molecule has 1 heterocycles. The minimum Gasteiger partial charge on any atom is -0.307 e. The van der Waals surface area contributed by atoms with Crippen LogP contribution >= 0.6 is 0 Å². The van der Waals surface area contributed by atoms with Gasteiger partial charge in [0.05, 0.1) is 6.20 Å². The topological polar surface area (TPSA) is 46.9 Å². The van der Waals surface area contributed by atoms with Crippen molar-refractivity contribution >= 4 is 11.7 Å². The van der Waals surface area contributed by atoms with Gasteiger partial charge < -0.3 is 5.32 Å². The second kappa shape index (κ2) is 6.34. The highest BCUT2D eigenvalue weighted by Crippen LogP contribution is 2.22. The molecule has 22 heavy (non-hydrogen) atoms. The number of hydrogen-bond donors (Lipinski definition) is 1. The summed E-state index contributed by atoms with van der Waals surface area (Å²) >= 11 is 0. The van der Waals surface area contributed by atoms with Crippen molar-refractivity contribution in [3.8, 4) is 0 Å². The number of aromatic nitrogens is 2. The van der Waals surface area contributed by atoms with Crippen LogP contribution in [-0.4, -0.2) is 15.7 Å². The van der Waals surface area contributed by atoms with E-state index in [1.54, 1.807) is 6.20 Å². The van der Waals surface area contributed by atoms with E-state index in [-0.39, 0.29) is 11.3 Å². The van der Waals surface area contributed by atoms with Crippen LogP contribution in [0.4, 0.5) is 5.82 Å². The zero-order valence-corrected chi connectivity index (χ0v) is 14.1. The molecule has 0 spiro atoms. The van der Waals surface area contributed by atoms with Gasteiger partial charge in [-0.05, 0) is 29.0 Å². The molecule has 0 aliphatic rings. The van der Waals surface area contributed by atoms with Gasteiger partial charge >= 0.3 is 0 Å². The Labute approximate surface area is 132 Å². The molecule has 1 amide bonds. The number of nitrogens with zero attached hydrogens (tertiary/aromatic N) is 2. The van der Waals surface area contributed by atoms with Crippen molar-refractivity contribution in [3.63, 3.8) is 0 Å². The molecule has 0 radical (unpaired) electrons. The Hall–Kier alpha value is -2.10. The fourth-order valence-corrected chi connectivity index (χ4v) is 2.24. The van der Waals surface area contributed by atoms with Crippen molar-refractivity contribution in [3.05, 3.63) is 47.7 Å². The van der Waals surface area contributed by atoms with E-state index in [9.17, 15) is 4.79 Å². The molecule has 1 aromatic carbocycles. The molecule has 4 nitrogen and oxygen atoms in total. The smallest absolute Gasteiger partial charge is 0.256 e. The van der Waals surface area contributed by atoms with Gasteiger partial charge in [0.1, 0.15) is 5.82 Å². The van der Waals surface area contributed by atoms with Gasteiger partial charge in [0.2, 0.25) is 0 Å². The monoisotopic (exact) mass is 299 g/mol. The number of benzene rings is 1. The summed E-state index contributed by atoms with van der Waals surface area (Å²) in [6.45, 7) is 11.5. The number of amides is 1. The number of hydrogen-bond acceptors (Lipinski definition) is 2. The van der Waals surface area contributed by atoms with E-state index in [2.05, 4.69) is 45.0 Å². The zero-order chi connectivity index (χ0) is 16.3. The first-order valence-corrected chi connectivity index (χ1v) is 7.71. The van der Waals surface area contributed by atoms with E-state index in [4.69, 9.17) is 0 Å². The lowest BCUT2D eigenvalue weighted by Crippen LogP contribution is -2.17. The lowest BCUT2D eigenvalue weighted by atomic mass is 9.87. The normalized spacial score (nSPS) is 11.7. The minimum absolute atomic E-state index is 0.0882. The maximum absolute atomic E-state index is 12.4. The van der Waals surface area contributed by atoms with Gasteiger partial charge in [0, 0.05) is 18.2 Å². The first-order valence-electron chi connectivity index (χ1n) is 7.71. The van der Waals surface area contributed by atoms with Gasteiger partial charge in [0.15, 0.2) is 0 Å². The lowest BCUT2D eigenvalue weighted by Gasteiger charge is -2.19. The number of carbonyl (C=O) groups is 1. The Morgan fingerprint density at radius 3 is 2.36 bits per heavy atom. The molecule has 0 bridgehead atoms. The average molecular weight is 299 g/mol. The molecular formula is C18H25N3O. The molecule has 0 atom stereocenters. The fraction of sp³-hybridized carbons (Fsp3) is 0.444. The molecule has 0 fully saturated rings. The molecule has 4 heteroatoms. The van der Waals surface area contributed by atoms with E-state index in [1.807, 2.05) is 35.0 Å². The van der Waals surface area contributed by atoms with Crippen molar-refractivity contribution in [1.29, 1.82) is 0 Å². The van der Waals surface area contributed by atoms with Crippen LogP contribution in [-0.2, 0) is 12.0 Å². The molecule has 0 aliphatic carbocycles. The van der Waals surface area contributed by atoms with E-state index in [1.165, 1.54) is 5.56 Å². The molecule has 0 saturated carbocycles. The lowest BCUT2D eigenvalue weighted by molar-refractivity contribution is 0.102. The number of rotatable bonds is 4. The minimum atomic E-state index is -0.106. The Balaban J connectivity index is 2.11. The maximum Gasteiger partial charge on any atom is 0.256 e. The van der Waals surface area contributed by atoms with Gasteiger partial charge in [-0.3, -0.25) is 4.79 Å². The second-order valence-electron chi connectivity index (χ2n) is 7.07. The summed E-state index contributed by atoms with van der Waals surface area (Å²) < 4.78 is 1.83. The third-order valence-corrected chi connectivity index (χ3v) is 3.51. The molecule has 0 saturated heterocycles. The Bertz CT molecular complexity index is 633. The highest BCUT2D eigenvalue weighted by atomic mass is 16.1. The first kappa shape index (κ1) is 16.3.